The van der Waals surface area contributed by atoms with Crippen LogP contribution in [0.4, 0.5) is 4.79 Å². The molecule has 1 rings (SSSR count). The van der Waals surface area contributed by atoms with E-state index in [2.05, 4.69) is 0 Å². The third-order valence-electron chi connectivity index (χ3n) is 2.03. The Morgan fingerprint density at radius 3 is 2.77 bits per heavy atom. The molecular formula is C9H17NO3. The van der Waals surface area contributed by atoms with Crippen LogP contribution in [0.2, 0.25) is 0 Å². The summed E-state index contributed by atoms with van der Waals surface area (Å²) >= 11 is 0. The van der Waals surface area contributed by atoms with Gasteiger partial charge in [-0.2, -0.15) is 0 Å². The van der Waals surface area contributed by atoms with E-state index in [1.165, 1.54) is 0 Å². The van der Waals surface area contributed by atoms with Crippen molar-refractivity contribution in [3.8, 4) is 0 Å². The number of nitrogens with zero attached hydrogens (tertiary/aromatic N) is 1. The lowest BCUT2D eigenvalue weighted by Gasteiger charge is -2.22. The van der Waals surface area contributed by atoms with Crippen molar-refractivity contribution >= 4 is 6.09 Å². The zero-order chi connectivity index (χ0) is 9.84. The number of cyclic esters (lactones) is 1. The highest BCUT2D eigenvalue weighted by atomic mass is 16.6. The van der Waals surface area contributed by atoms with Crippen molar-refractivity contribution in [1.29, 1.82) is 0 Å². The van der Waals surface area contributed by atoms with Gasteiger partial charge >= 0.3 is 6.09 Å². The lowest BCUT2D eigenvalue weighted by atomic mass is 10.3. The third kappa shape index (κ3) is 2.12. The Bertz CT molecular complexity index is 184. The monoisotopic (exact) mass is 187 g/mol. The van der Waals surface area contributed by atoms with Gasteiger partial charge in [-0.05, 0) is 20.3 Å². The molecule has 1 heterocycles. The van der Waals surface area contributed by atoms with Gasteiger partial charge in [0.2, 0.25) is 0 Å². The maximum Gasteiger partial charge on any atom is 0.412 e. The quantitative estimate of drug-likeness (QED) is 0.671. The van der Waals surface area contributed by atoms with Crippen LogP contribution in [0.15, 0.2) is 0 Å². The Labute approximate surface area is 78.8 Å². The van der Waals surface area contributed by atoms with E-state index in [4.69, 9.17) is 9.47 Å². The summed E-state index contributed by atoms with van der Waals surface area (Å²) in [7, 11) is 0. The number of carbonyl (C=O) groups is 1. The predicted molar refractivity (Wildman–Crippen MR) is 48.4 cm³/mol. The molecule has 1 saturated heterocycles. The van der Waals surface area contributed by atoms with E-state index < -0.39 is 0 Å². The third-order valence-corrected chi connectivity index (χ3v) is 2.03. The first kappa shape index (κ1) is 10.3. The molecule has 0 aliphatic carbocycles. The second-order valence-corrected chi connectivity index (χ2v) is 3.13. The molecule has 1 amide bonds. The van der Waals surface area contributed by atoms with Gasteiger partial charge in [-0.25, -0.2) is 4.79 Å². The zero-order valence-electron chi connectivity index (χ0n) is 8.45. The van der Waals surface area contributed by atoms with Crippen molar-refractivity contribution in [1.82, 2.24) is 4.90 Å². The smallest absolute Gasteiger partial charge is 0.412 e. The fourth-order valence-electron chi connectivity index (χ4n) is 1.50. The van der Waals surface area contributed by atoms with Crippen LogP contribution in [0, 0.1) is 0 Å². The number of ether oxygens (including phenoxy) is 2. The maximum atomic E-state index is 11.3. The average Bonchev–Trinajstić information content (AvgIpc) is 2.33. The average molecular weight is 187 g/mol. The molecule has 1 fully saturated rings. The van der Waals surface area contributed by atoms with E-state index in [-0.39, 0.29) is 18.4 Å². The first-order valence-corrected chi connectivity index (χ1v) is 4.79. The number of carbonyl (C=O) groups excluding carboxylic acids is 1. The lowest BCUT2D eigenvalue weighted by molar-refractivity contribution is -0.0406. The van der Waals surface area contributed by atoms with Crippen LogP contribution in [-0.2, 0) is 9.47 Å². The second-order valence-electron chi connectivity index (χ2n) is 3.13. The summed E-state index contributed by atoms with van der Waals surface area (Å²) in [6.07, 6.45) is 0.315. The minimum absolute atomic E-state index is 0.154. The fourth-order valence-corrected chi connectivity index (χ4v) is 1.50. The Balaban J connectivity index is 2.59. The van der Waals surface area contributed by atoms with Crippen LogP contribution < -0.4 is 0 Å². The van der Waals surface area contributed by atoms with E-state index in [0.29, 0.717) is 13.2 Å². The van der Waals surface area contributed by atoms with Crippen molar-refractivity contribution < 1.29 is 14.3 Å². The van der Waals surface area contributed by atoms with Gasteiger partial charge in [0.1, 0.15) is 6.10 Å². The summed E-state index contributed by atoms with van der Waals surface area (Å²) < 4.78 is 10.5. The van der Waals surface area contributed by atoms with E-state index >= 15 is 0 Å². The predicted octanol–water partition coefficient (Wildman–Crippen LogP) is 1.60. The van der Waals surface area contributed by atoms with Gasteiger partial charge in [0.15, 0.2) is 6.23 Å². The van der Waals surface area contributed by atoms with Crippen molar-refractivity contribution in [2.75, 3.05) is 13.2 Å². The van der Waals surface area contributed by atoms with Gasteiger partial charge in [-0.1, -0.05) is 6.92 Å². The SMILES string of the molecule is CCCN1C(=O)O[C@@H](C)[C@H]1OCC. The van der Waals surface area contributed by atoms with E-state index in [1.54, 1.807) is 4.90 Å². The van der Waals surface area contributed by atoms with Crippen LogP contribution in [0.5, 0.6) is 0 Å². The molecule has 0 saturated carbocycles. The molecule has 4 nitrogen and oxygen atoms in total. The maximum absolute atomic E-state index is 11.3. The Morgan fingerprint density at radius 1 is 1.54 bits per heavy atom. The van der Waals surface area contributed by atoms with E-state index in [1.807, 2.05) is 20.8 Å². The van der Waals surface area contributed by atoms with Crippen molar-refractivity contribution in [3.05, 3.63) is 0 Å². The Kier molecular flexibility index (Phi) is 3.54. The van der Waals surface area contributed by atoms with Crippen LogP contribution >= 0.6 is 0 Å². The number of hydrogen-bond donors (Lipinski definition) is 0. The standard InChI is InChI=1S/C9H17NO3/c1-4-6-10-8(12-5-2)7(3)13-9(10)11/h7-8H,4-6H2,1-3H3/t7-,8+/m0/s1. The van der Waals surface area contributed by atoms with E-state index in [9.17, 15) is 4.79 Å². The Hall–Kier alpha value is -0.770. The molecule has 0 bridgehead atoms. The summed E-state index contributed by atoms with van der Waals surface area (Å²) in [4.78, 5) is 12.9. The zero-order valence-corrected chi connectivity index (χ0v) is 8.45. The molecular weight excluding hydrogens is 170 g/mol. The summed E-state index contributed by atoms with van der Waals surface area (Å²) in [5.74, 6) is 0. The van der Waals surface area contributed by atoms with Crippen molar-refractivity contribution in [3.63, 3.8) is 0 Å². The number of hydrogen-bond acceptors (Lipinski definition) is 3. The normalized spacial score (nSPS) is 27.9. The molecule has 0 aromatic rings. The van der Waals surface area contributed by atoms with Gasteiger partial charge in [-0.15, -0.1) is 0 Å². The van der Waals surface area contributed by atoms with Gasteiger partial charge in [0.05, 0.1) is 0 Å². The van der Waals surface area contributed by atoms with Gasteiger partial charge < -0.3 is 9.47 Å². The molecule has 0 spiro atoms. The molecule has 76 valence electrons. The largest absolute Gasteiger partial charge is 0.442 e. The van der Waals surface area contributed by atoms with Crippen molar-refractivity contribution in [2.45, 2.75) is 39.5 Å². The van der Waals surface area contributed by atoms with Crippen LogP contribution in [0.3, 0.4) is 0 Å². The highest BCUT2D eigenvalue weighted by Crippen LogP contribution is 2.20. The van der Waals surface area contributed by atoms with Crippen molar-refractivity contribution in [2.24, 2.45) is 0 Å². The van der Waals surface area contributed by atoms with Crippen LogP contribution in [0.1, 0.15) is 27.2 Å². The Morgan fingerprint density at radius 2 is 2.23 bits per heavy atom. The number of amides is 1. The topological polar surface area (TPSA) is 38.8 Å². The minimum Gasteiger partial charge on any atom is -0.442 e. The van der Waals surface area contributed by atoms with Crippen LogP contribution in [-0.4, -0.2) is 36.5 Å². The molecule has 0 radical (unpaired) electrons. The second kappa shape index (κ2) is 4.46. The summed E-state index contributed by atoms with van der Waals surface area (Å²) in [6, 6.07) is 0. The molecule has 4 heteroatoms. The highest BCUT2D eigenvalue weighted by Gasteiger charge is 2.38. The first-order valence-electron chi connectivity index (χ1n) is 4.79. The van der Waals surface area contributed by atoms with Gasteiger partial charge in [0.25, 0.3) is 0 Å². The molecule has 13 heavy (non-hydrogen) atoms. The number of rotatable bonds is 4. The highest BCUT2D eigenvalue weighted by molar-refractivity contribution is 5.70. The first-order chi connectivity index (χ1) is 6.20. The minimum atomic E-state index is -0.257. The molecule has 2 atom stereocenters. The summed E-state index contributed by atoms with van der Waals surface area (Å²) in [5.41, 5.74) is 0. The molecule has 0 aromatic carbocycles. The van der Waals surface area contributed by atoms with Crippen LogP contribution in [0.25, 0.3) is 0 Å². The van der Waals surface area contributed by atoms with E-state index in [0.717, 1.165) is 6.42 Å². The summed E-state index contributed by atoms with van der Waals surface area (Å²) in [6.45, 7) is 7.10. The van der Waals surface area contributed by atoms with Gasteiger partial charge in [0, 0.05) is 13.2 Å². The molecule has 1 aliphatic heterocycles. The fraction of sp³-hybridized carbons (Fsp3) is 0.889. The molecule has 1 aliphatic rings. The molecule has 0 N–H and O–H groups in total. The lowest BCUT2D eigenvalue weighted by Crippen LogP contribution is -2.38. The summed E-state index contributed by atoms with van der Waals surface area (Å²) in [5, 5.41) is 0. The molecule has 0 unspecified atom stereocenters. The van der Waals surface area contributed by atoms with Gasteiger partial charge in [-0.3, -0.25) is 4.90 Å². The molecule has 0 aromatic heterocycles.